The Balaban J connectivity index is 0. The van der Waals surface area contributed by atoms with Gasteiger partial charge in [0.2, 0.25) is 0 Å². The molecule has 0 heterocycles. The van der Waals surface area contributed by atoms with E-state index in [1.807, 2.05) is 0 Å². The van der Waals surface area contributed by atoms with Crippen LogP contribution in [0, 0.1) is 0 Å². The maximum Gasteiger partial charge on any atom is 0.0605 e. The molecule has 0 unspecified atom stereocenters. The molecule has 0 fully saturated rings. The van der Waals surface area contributed by atoms with Gasteiger partial charge in [0.05, 0.1) is 11.2 Å². The molecule has 0 saturated heterocycles. The van der Waals surface area contributed by atoms with Crippen molar-refractivity contribution < 1.29 is 9.84 Å². The number of aliphatic hydroxyl groups excluding tert-OH is 1. The Morgan fingerprint density at radius 2 is 0.909 bits per heavy atom. The number of hydrogen-bond donors (Lipinski definition) is 1. The topological polar surface area (TPSA) is 29.5 Å². The van der Waals surface area contributed by atoms with E-state index in [2.05, 4.69) is 41.5 Å². The predicted molar refractivity (Wildman–Crippen MR) is 48.7 cm³/mol. The lowest BCUT2D eigenvalue weighted by Gasteiger charge is -2.30. The Hall–Kier alpha value is -0.0800. The van der Waals surface area contributed by atoms with Gasteiger partial charge in [-0.15, -0.1) is 0 Å². The summed E-state index contributed by atoms with van der Waals surface area (Å²) in [5.41, 5.74) is -0.0312. The van der Waals surface area contributed by atoms with E-state index in [1.54, 1.807) is 0 Å². The zero-order valence-electron chi connectivity index (χ0n) is 8.86. The summed E-state index contributed by atoms with van der Waals surface area (Å²) < 4.78 is 5.62. The fourth-order valence-electron chi connectivity index (χ4n) is 0.919. The molecule has 0 spiro atoms. The zero-order valence-corrected chi connectivity index (χ0v) is 8.86. The number of aliphatic hydroxyl groups is 1. The smallest absolute Gasteiger partial charge is 0.0605 e. The maximum absolute atomic E-state index is 7.00. The third-order valence-corrected chi connectivity index (χ3v) is 0.612. The van der Waals surface area contributed by atoms with E-state index in [1.165, 1.54) is 0 Å². The highest BCUT2D eigenvalue weighted by Gasteiger charge is 2.19. The lowest BCUT2D eigenvalue weighted by atomic mass is 10.1. The first kappa shape index (κ1) is 13.5. The van der Waals surface area contributed by atoms with Gasteiger partial charge in [0.15, 0.2) is 0 Å². The van der Waals surface area contributed by atoms with E-state index < -0.39 is 0 Å². The molecule has 0 bridgehead atoms. The highest BCUT2D eigenvalue weighted by Crippen LogP contribution is 2.17. The van der Waals surface area contributed by atoms with E-state index in [0.29, 0.717) is 0 Å². The molecule has 0 aliphatic heterocycles. The lowest BCUT2D eigenvalue weighted by molar-refractivity contribution is -0.102. The normalized spacial score (nSPS) is 12.0. The number of ether oxygens (including phenoxy) is 1. The number of hydrogen-bond acceptors (Lipinski definition) is 2. The van der Waals surface area contributed by atoms with Crippen molar-refractivity contribution >= 4 is 0 Å². The van der Waals surface area contributed by atoms with Gasteiger partial charge in [-0.25, -0.2) is 0 Å². The lowest BCUT2D eigenvalue weighted by Crippen LogP contribution is -2.31. The van der Waals surface area contributed by atoms with Crippen LogP contribution in [0.1, 0.15) is 41.5 Å². The van der Waals surface area contributed by atoms with E-state index >= 15 is 0 Å². The third-order valence-electron chi connectivity index (χ3n) is 0.612. The molecule has 0 aromatic carbocycles. The molecule has 0 atom stereocenters. The summed E-state index contributed by atoms with van der Waals surface area (Å²) >= 11 is 0. The van der Waals surface area contributed by atoms with E-state index in [-0.39, 0.29) is 11.2 Å². The summed E-state index contributed by atoms with van der Waals surface area (Å²) in [6, 6.07) is 0. The fraction of sp³-hybridized carbons (Fsp3) is 1.00. The van der Waals surface area contributed by atoms with Crippen LogP contribution in [0.4, 0.5) is 0 Å². The molecule has 0 rings (SSSR count). The average Bonchev–Trinajstić information content (AvgIpc) is 1.60. The quantitative estimate of drug-likeness (QED) is 0.591. The van der Waals surface area contributed by atoms with Crippen molar-refractivity contribution in [2.75, 3.05) is 7.11 Å². The van der Waals surface area contributed by atoms with Crippen molar-refractivity contribution in [3.63, 3.8) is 0 Å². The van der Waals surface area contributed by atoms with E-state index in [9.17, 15) is 0 Å². The first-order valence-electron chi connectivity index (χ1n) is 3.86. The monoisotopic (exact) mass is 162 g/mol. The van der Waals surface area contributed by atoms with Crippen molar-refractivity contribution in [1.29, 1.82) is 0 Å². The summed E-state index contributed by atoms with van der Waals surface area (Å²) in [4.78, 5) is 0. The molecule has 0 amide bonds. The van der Waals surface area contributed by atoms with E-state index in [0.717, 1.165) is 7.11 Å². The largest absolute Gasteiger partial charge is 0.400 e. The van der Waals surface area contributed by atoms with Crippen LogP contribution in [-0.2, 0) is 4.74 Å². The van der Waals surface area contributed by atoms with E-state index in [4.69, 9.17) is 9.84 Å². The Bertz CT molecular complexity index is 72.7. The molecule has 0 radical (unpaired) electrons. The molecule has 0 aromatic rings. The Morgan fingerprint density at radius 3 is 0.909 bits per heavy atom. The van der Waals surface area contributed by atoms with Crippen LogP contribution >= 0.6 is 0 Å². The molecule has 0 aliphatic carbocycles. The molecule has 2 nitrogen and oxygen atoms in total. The summed E-state index contributed by atoms with van der Waals surface area (Å²) in [5.74, 6) is 0. The second-order valence-corrected chi connectivity index (χ2v) is 4.33. The Kier molecular flexibility index (Phi) is 5.81. The SMILES string of the molecule is CC(C)(C)OC(C)(C)C.CO. The van der Waals surface area contributed by atoms with Crippen LogP contribution in [0.5, 0.6) is 0 Å². The van der Waals surface area contributed by atoms with Gasteiger partial charge in [-0.3, -0.25) is 0 Å². The predicted octanol–water partition coefficient (Wildman–Crippen LogP) is 2.21. The third kappa shape index (κ3) is 17.8. The van der Waals surface area contributed by atoms with Crippen molar-refractivity contribution in [3.05, 3.63) is 0 Å². The molecule has 1 N–H and O–H groups in total. The molecule has 2 heteroatoms. The van der Waals surface area contributed by atoms with Crippen LogP contribution in [0.2, 0.25) is 0 Å². The van der Waals surface area contributed by atoms with Crippen LogP contribution in [0.15, 0.2) is 0 Å². The van der Waals surface area contributed by atoms with Gasteiger partial charge in [0, 0.05) is 7.11 Å². The maximum atomic E-state index is 7.00. The second-order valence-electron chi connectivity index (χ2n) is 4.33. The van der Waals surface area contributed by atoms with Crippen LogP contribution in [-0.4, -0.2) is 23.4 Å². The van der Waals surface area contributed by atoms with Gasteiger partial charge in [-0.05, 0) is 41.5 Å². The number of rotatable bonds is 0. The van der Waals surface area contributed by atoms with Crippen molar-refractivity contribution in [3.8, 4) is 0 Å². The Labute approximate surface area is 70.6 Å². The summed E-state index contributed by atoms with van der Waals surface area (Å²) in [6.45, 7) is 12.4. The van der Waals surface area contributed by atoms with Crippen LogP contribution in [0.3, 0.4) is 0 Å². The molecular weight excluding hydrogens is 140 g/mol. The summed E-state index contributed by atoms with van der Waals surface area (Å²) in [6.07, 6.45) is 0. The van der Waals surface area contributed by atoms with Crippen LogP contribution < -0.4 is 0 Å². The Morgan fingerprint density at radius 1 is 0.727 bits per heavy atom. The first-order chi connectivity index (χ1) is 4.71. The van der Waals surface area contributed by atoms with Gasteiger partial charge in [0.25, 0.3) is 0 Å². The highest BCUT2D eigenvalue weighted by molar-refractivity contribution is 4.68. The van der Waals surface area contributed by atoms with Gasteiger partial charge in [-0.2, -0.15) is 0 Å². The van der Waals surface area contributed by atoms with Gasteiger partial charge in [-0.1, -0.05) is 0 Å². The first-order valence-corrected chi connectivity index (χ1v) is 3.86. The summed E-state index contributed by atoms with van der Waals surface area (Å²) in [5, 5.41) is 7.00. The minimum absolute atomic E-state index is 0.0156. The molecule has 70 valence electrons. The van der Waals surface area contributed by atoms with Gasteiger partial charge >= 0.3 is 0 Å². The molecule has 0 saturated carbocycles. The standard InChI is InChI=1S/C8H18O.CH4O/c1-7(2,3)9-8(4,5)6;1-2/h1-6H3;2H,1H3. The average molecular weight is 162 g/mol. The van der Waals surface area contributed by atoms with Crippen LogP contribution in [0.25, 0.3) is 0 Å². The van der Waals surface area contributed by atoms with Crippen molar-refractivity contribution in [2.24, 2.45) is 0 Å². The molecular formula is C9H22O2. The van der Waals surface area contributed by atoms with Gasteiger partial charge < -0.3 is 9.84 Å². The van der Waals surface area contributed by atoms with Crippen molar-refractivity contribution in [2.45, 2.75) is 52.7 Å². The highest BCUT2D eigenvalue weighted by atomic mass is 16.5. The minimum atomic E-state index is -0.0156. The fourth-order valence-corrected chi connectivity index (χ4v) is 0.919. The van der Waals surface area contributed by atoms with Gasteiger partial charge in [0.1, 0.15) is 0 Å². The second kappa shape index (κ2) is 4.73. The van der Waals surface area contributed by atoms with Crippen molar-refractivity contribution in [1.82, 2.24) is 0 Å². The minimum Gasteiger partial charge on any atom is -0.400 e. The summed E-state index contributed by atoms with van der Waals surface area (Å²) in [7, 11) is 1.00. The zero-order chi connectivity index (χ0) is 9.71. The molecule has 0 aromatic heterocycles. The molecule has 0 aliphatic rings. The molecule has 11 heavy (non-hydrogen) atoms.